The van der Waals surface area contributed by atoms with Gasteiger partial charge >= 0.3 is 0 Å². The van der Waals surface area contributed by atoms with Crippen LogP contribution in [-0.2, 0) is 0 Å². The van der Waals surface area contributed by atoms with Crippen LogP contribution < -0.4 is 11.4 Å². The van der Waals surface area contributed by atoms with Crippen LogP contribution in [0, 0.1) is 0 Å². The van der Waals surface area contributed by atoms with Crippen LogP contribution in [0.15, 0.2) is 40.4 Å². The molecule has 1 aromatic carbocycles. The summed E-state index contributed by atoms with van der Waals surface area (Å²) in [5.74, 6) is 5.11. The van der Waals surface area contributed by atoms with Gasteiger partial charge in [0.05, 0.1) is 6.21 Å². The molecule has 0 amide bonds. The molecule has 4 heteroatoms. The number of hydrogen-bond donors (Lipinski definition) is 1. The summed E-state index contributed by atoms with van der Waals surface area (Å²) < 4.78 is 1.71. The van der Waals surface area contributed by atoms with Gasteiger partial charge in [-0.2, -0.15) is 5.10 Å². The zero-order valence-corrected chi connectivity index (χ0v) is 9.92. The number of nitrogens with two attached hydrogens (primary N) is 1. The second-order valence-corrected chi connectivity index (χ2v) is 4.25. The Bertz CT molecular complexity index is 626. The van der Waals surface area contributed by atoms with Crippen molar-refractivity contribution in [2.45, 2.75) is 19.9 Å². The van der Waals surface area contributed by atoms with E-state index in [1.165, 1.54) is 6.21 Å². The SMILES string of the molecule is CC(C)n1ccc2ccc(C=NN)cc2c1=O. The Hall–Kier alpha value is -2.10. The summed E-state index contributed by atoms with van der Waals surface area (Å²) in [6.45, 7) is 3.97. The molecule has 2 aromatic rings. The Morgan fingerprint density at radius 1 is 1.35 bits per heavy atom. The molecule has 0 radical (unpaired) electrons. The minimum atomic E-state index is 0.0183. The number of rotatable bonds is 2. The number of hydrazone groups is 1. The van der Waals surface area contributed by atoms with Crippen LogP contribution in [0.3, 0.4) is 0 Å². The van der Waals surface area contributed by atoms with Crippen molar-refractivity contribution < 1.29 is 0 Å². The highest BCUT2D eigenvalue weighted by Crippen LogP contribution is 2.12. The first-order chi connectivity index (χ1) is 8.13. The third-order valence-electron chi connectivity index (χ3n) is 2.74. The minimum Gasteiger partial charge on any atom is -0.323 e. The Kier molecular flexibility index (Phi) is 2.95. The highest BCUT2D eigenvalue weighted by atomic mass is 16.1. The van der Waals surface area contributed by atoms with Gasteiger partial charge in [-0.1, -0.05) is 12.1 Å². The van der Waals surface area contributed by atoms with Crippen LogP contribution in [0.4, 0.5) is 0 Å². The van der Waals surface area contributed by atoms with Gasteiger partial charge in [-0.15, -0.1) is 0 Å². The largest absolute Gasteiger partial charge is 0.323 e. The number of nitrogens with zero attached hydrogens (tertiary/aromatic N) is 2. The number of pyridine rings is 1. The zero-order valence-electron chi connectivity index (χ0n) is 9.92. The molecule has 0 aliphatic rings. The summed E-state index contributed by atoms with van der Waals surface area (Å²) in [5, 5.41) is 5.09. The van der Waals surface area contributed by atoms with E-state index in [-0.39, 0.29) is 11.6 Å². The van der Waals surface area contributed by atoms with E-state index in [0.717, 1.165) is 10.9 Å². The summed E-state index contributed by atoms with van der Waals surface area (Å²) in [7, 11) is 0. The van der Waals surface area contributed by atoms with E-state index in [1.54, 1.807) is 4.57 Å². The van der Waals surface area contributed by atoms with Gasteiger partial charge in [0.1, 0.15) is 0 Å². The monoisotopic (exact) mass is 229 g/mol. The van der Waals surface area contributed by atoms with E-state index in [1.807, 2.05) is 44.3 Å². The van der Waals surface area contributed by atoms with Crippen LogP contribution in [0.1, 0.15) is 25.5 Å². The lowest BCUT2D eigenvalue weighted by Crippen LogP contribution is -2.21. The molecule has 0 saturated carbocycles. The third kappa shape index (κ3) is 2.06. The van der Waals surface area contributed by atoms with Crippen molar-refractivity contribution >= 4 is 17.0 Å². The van der Waals surface area contributed by atoms with E-state index in [2.05, 4.69) is 5.10 Å². The van der Waals surface area contributed by atoms with Gasteiger partial charge in [0.15, 0.2) is 0 Å². The lowest BCUT2D eigenvalue weighted by Gasteiger charge is -2.10. The zero-order chi connectivity index (χ0) is 12.4. The summed E-state index contributed by atoms with van der Waals surface area (Å²) in [5.41, 5.74) is 0.850. The third-order valence-corrected chi connectivity index (χ3v) is 2.74. The molecule has 2 rings (SSSR count). The summed E-state index contributed by atoms with van der Waals surface area (Å²) in [4.78, 5) is 12.2. The molecule has 4 nitrogen and oxygen atoms in total. The molecule has 0 aliphatic heterocycles. The molecule has 1 heterocycles. The molecule has 0 spiro atoms. The van der Waals surface area contributed by atoms with Gasteiger partial charge in [-0.05, 0) is 36.9 Å². The molecule has 0 aliphatic carbocycles. The van der Waals surface area contributed by atoms with Gasteiger partial charge in [-0.3, -0.25) is 4.79 Å². The van der Waals surface area contributed by atoms with Crippen molar-refractivity contribution in [1.82, 2.24) is 4.57 Å². The summed E-state index contributed by atoms with van der Waals surface area (Å²) >= 11 is 0. The predicted octanol–water partition coefficient (Wildman–Crippen LogP) is 1.87. The molecular weight excluding hydrogens is 214 g/mol. The fraction of sp³-hybridized carbons (Fsp3) is 0.231. The molecule has 0 bridgehead atoms. The second kappa shape index (κ2) is 4.41. The standard InChI is InChI=1S/C13H15N3O/c1-9(2)16-6-5-11-4-3-10(8-15-14)7-12(11)13(16)17/h3-9H,14H2,1-2H3. The van der Waals surface area contributed by atoms with E-state index < -0.39 is 0 Å². The molecule has 0 fully saturated rings. The van der Waals surface area contributed by atoms with Gasteiger partial charge in [0.2, 0.25) is 0 Å². The molecule has 0 atom stereocenters. The van der Waals surface area contributed by atoms with Gasteiger partial charge in [0, 0.05) is 17.6 Å². The van der Waals surface area contributed by atoms with Crippen LogP contribution in [0.2, 0.25) is 0 Å². The van der Waals surface area contributed by atoms with Crippen molar-refractivity contribution in [2.24, 2.45) is 10.9 Å². The normalized spacial score (nSPS) is 11.7. The number of benzene rings is 1. The average molecular weight is 229 g/mol. The maximum atomic E-state index is 12.2. The van der Waals surface area contributed by atoms with Crippen LogP contribution in [0.5, 0.6) is 0 Å². The second-order valence-electron chi connectivity index (χ2n) is 4.25. The highest BCUT2D eigenvalue weighted by Gasteiger charge is 2.05. The number of fused-ring (bicyclic) bond motifs is 1. The minimum absolute atomic E-state index is 0.0183. The quantitative estimate of drug-likeness (QED) is 0.485. The smallest absolute Gasteiger partial charge is 0.258 e. The average Bonchev–Trinajstić information content (AvgIpc) is 2.30. The highest BCUT2D eigenvalue weighted by molar-refractivity contribution is 5.89. The lowest BCUT2D eigenvalue weighted by atomic mass is 10.1. The predicted molar refractivity (Wildman–Crippen MR) is 70.4 cm³/mol. The molecule has 0 saturated heterocycles. The first-order valence-electron chi connectivity index (χ1n) is 5.51. The van der Waals surface area contributed by atoms with E-state index >= 15 is 0 Å². The molecular formula is C13H15N3O. The van der Waals surface area contributed by atoms with E-state index in [9.17, 15) is 4.79 Å². The molecule has 88 valence electrons. The Morgan fingerprint density at radius 3 is 2.76 bits per heavy atom. The van der Waals surface area contributed by atoms with Crippen molar-refractivity contribution in [1.29, 1.82) is 0 Å². The van der Waals surface area contributed by atoms with Crippen molar-refractivity contribution in [3.63, 3.8) is 0 Å². The van der Waals surface area contributed by atoms with Crippen molar-refractivity contribution in [2.75, 3.05) is 0 Å². The topological polar surface area (TPSA) is 60.4 Å². The molecule has 17 heavy (non-hydrogen) atoms. The molecule has 1 aromatic heterocycles. The fourth-order valence-corrected chi connectivity index (χ4v) is 1.84. The Balaban J connectivity index is 2.73. The number of aromatic nitrogens is 1. The van der Waals surface area contributed by atoms with E-state index in [4.69, 9.17) is 5.84 Å². The van der Waals surface area contributed by atoms with Crippen molar-refractivity contribution in [3.05, 3.63) is 46.4 Å². The Morgan fingerprint density at radius 2 is 2.12 bits per heavy atom. The van der Waals surface area contributed by atoms with Gasteiger partial charge < -0.3 is 10.4 Å². The first kappa shape index (κ1) is 11.4. The van der Waals surface area contributed by atoms with Gasteiger partial charge in [-0.25, -0.2) is 0 Å². The fourth-order valence-electron chi connectivity index (χ4n) is 1.84. The summed E-state index contributed by atoms with van der Waals surface area (Å²) in [6.07, 6.45) is 3.36. The van der Waals surface area contributed by atoms with Crippen LogP contribution >= 0.6 is 0 Å². The maximum Gasteiger partial charge on any atom is 0.258 e. The lowest BCUT2D eigenvalue weighted by molar-refractivity contribution is 0.583. The Labute approximate surface area is 99.4 Å². The van der Waals surface area contributed by atoms with Crippen LogP contribution in [0.25, 0.3) is 10.8 Å². The summed E-state index contributed by atoms with van der Waals surface area (Å²) in [6, 6.07) is 7.70. The number of hydrogen-bond acceptors (Lipinski definition) is 3. The molecule has 0 unspecified atom stereocenters. The van der Waals surface area contributed by atoms with Crippen molar-refractivity contribution in [3.8, 4) is 0 Å². The van der Waals surface area contributed by atoms with Crippen LogP contribution in [-0.4, -0.2) is 10.8 Å². The molecule has 2 N–H and O–H groups in total. The van der Waals surface area contributed by atoms with E-state index in [0.29, 0.717) is 5.39 Å². The maximum absolute atomic E-state index is 12.2. The first-order valence-corrected chi connectivity index (χ1v) is 5.51. The van der Waals surface area contributed by atoms with Gasteiger partial charge in [0.25, 0.3) is 5.56 Å².